The fourth-order valence-corrected chi connectivity index (χ4v) is 4.17. The van der Waals surface area contributed by atoms with Gasteiger partial charge in [-0.1, -0.05) is 60.0 Å². The molecule has 6 atom stereocenters. The van der Waals surface area contributed by atoms with E-state index >= 15 is 0 Å². The number of rotatable bonds is 0. The van der Waals surface area contributed by atoms with Crippen molar-refractivity contribution in [3.63, 3.8) is 0 Å². The van der Waals surface area contributed by atoms with Crippen LogP contribution in [0.25, 0.3) is 0 Å². The molecule has 0 fully saturated rings. The first-order valence-corrected chi connectivity index (χ1v) is 8.63. The van der Waals surface area contributed by atoms with Crippen LogP contribution in [-0.2, 0) is 0 Å². The number of hydrogen-bond donors (Lipinski definition) is 2. The summed E-state index contributed by atoms with van der Waals surface area (Å²) in [5.74, 6) is 1.86. The van der Waals surface area contributed by atoms with E-state index < -0.39 is 0 Å². The minimum Gasteiger partial charge on any atom is -0.327 e. The van der Waals surface area contributed by atoms with Gasteiger partial charge in [0.25, 0.3) is 0 Å². The van der Waals surface area contributed by atoms with Crippen molar-refractivity contribution in [2.45, 2.75) is 64.4 Å². The third kappa shape index (κ3) is 5.01. The molecule has 0 saturated heterocycles. The van der Waals surface area contributed by atoms with Gasteiger partial charge >= 0.3 is 0 Å². The lowest BCUT2D eigenvalue weighted by Gasteiger charge is -2.29. The van der Waals surface area contributed by atoms with Crippen molar-refractivity contribution >= 4 is 15.9 Å². The van der Waals surface area contributed by atoms with E-state index in [-0.39, 0.29) is 0 Å². The summed E-state index contributed by atoms with van der Waals surface area (Å²) in [5.41, 5.74) is 14.8. The van der Waals surface area contributed by atoms with Gasteiger partial charge in [0.05, 0.1) is 0 Å². The van der Waals surface area contributed by atoms with Crippen LogP contribution in [0.15, 0.2) is 23.3 Å². The van der Waals surface area contributed by atoms with E-state index in [1.807, 2.05) is 0 Å². The van der Waals surface area contributed by atoms with Crippen molar-refractivity contribution in [2.75, 3.05) is 0 Å². The third-order valence-electron chi connectivity index (χ3n) is 4.57. The quantitative estimate of drug-likeness (QED) is 0.516. The van der Waals surface area contributed by atoms with Gasteiger partial charge in [-0.15, -0.1) is 0 Å². The predicted octanol–water partition coefficient (Wildman–Crippen LogP) is 4.00. The molecule has 0 aromatic heterocycles. The van der Waals surface area contributed by atoms with Crippen LogP contribution in [-0.4, -0.2) is 16.9 Å². The molecule has 0 aromatic carbocycles. The van der Waals surface area contributed by atoms with Gasteiger partial charge < -0.3 is 11.5 Å². The molecule has 0 aromatic rings. The molecule has 0 amide bonds. The number of hydrogen-bond acceptors (Lipinski definition) is 2. The molecule has 0 spiro atoms. The molecule has 116 valence electrons. The second kappa shape index (κ2) is 7.77. The third-order valence-corrected chi connectivity index (χ3v) is 5.44. The zero-order chi connectivity index (χ0) is 15.4. The van der Waals surface area contributed by atoms with Crippen molar-refractivity contribution in [2.24, 2.45) is 29.2 Å². The Labute approximate surface area is 133 Å². The average Bonchev–Trinajstić information content (AvgIpc) is 2.33. The van der Waals surface area contributed by atoms with Crippen LogP contribution in [0.3, 0.4) is 0 Å². The van der Waals surface area contributed by atoms with E-state index in [4.69, 9.17) is 11.5 Å². The molecule has 0 unspecified atom stereocenters. The lowest BCUT2D eigenvalue weighted by Crippen LogP contribution is -2.38. The minimum atomic E-state index is 0.295. The van der Waals surface area contributed by atoms with Gasteiger partial charge in [0.15, 0.2) is 0 Å². The zero-order valence-electron chi connectivity index (χ0n) is 13.6. The lowest BCUT2D eigenvalue weighted by atomic mass is 9.81. The van der Waals surface area contributed by atoms with E-state index in [0.717, 1.165) is 6.42 Å². The highest BCUT2D eigenvalue weighted by atomic mass is 79.9. The first kappa shape index (κ1) is 17.9. The minimum absolute atomic E-state index is 0.295. The van der Waals surface area contributed by atoms with E-state index in [1.165, 1.54) is 17.6 Å². The fraction of sp³-hybridized carbons (Fsp3) is 0.765. The van der Waals surface area contributed by atoms with Gasteiger partial charge in [-0.05, 0) is 44.4 Å². The summed E-state index contributed by atoms with van der Waals surface area (Å²) in [4.78, 5) is 0.385. The Morgan fingerprint density at radius 1 is 0.900 bits per heavy atom. The topological polar surface area (TPSA) is 52.0 Å². The molecule has 4 N–H and O–H groups in total. The highest BCUT2D eigenvalue weighted by molar-refractivity contribution is 9.09. The largest absolute Gasteiger partial charge is 0.327 e. The van der Waals surface area contributed by atoms with E-state index in [0.29, 0.717) is 34.7 Å². The van der Waals surface area contributed by atoms with Gasteiger partial charge in [-0.3, -0.25) is 0 Å². The molecule has 2 aliphatic carbocycles. The normalized spacial score (nSPS) is 41.2. The van der Waals surface area contributed by atoms with Crippen LogP contribution in [0.5, 0.6) is 0 Å². The Morgan fingerprint density at radius 2 is 1.35 bits per heavy atom. The molecule has 0 saturated carbocycles. The lowest BCUT2D eigenvalue weighted by molar-refractivity contribution is 0.363. The van der Waals surface area contributed by atoms with Crippen molar-refractivity contribution in [1.82, 2.24) is 0 Å². The summed E-state index contributed by atoms with van der Waals surface area (Å²) in [6, 6.07) is 0.674. The predicted molar refractivity (Wildman–Crippen MR) is 92.9 cm³/mol. The summed E-state index contributed by atoms with van der Waals surface area (Å²) in [6.07, 6.45) is 6.85. The highest BCUT2D eigenvalue weighted by Gasteiger charge is 2.24. The molecule has 3 heteroatoms. The summed E-state index contributed by atoms with van der Waals surface area (Å²) >= 11 is 3.53. The Balaban J connectivity index is 0.000000200. The Hall–Kier alpha value is -0.120. The fourth-order valence-electron chi connectivity index (χ4n) is 3.20. The van der Waals surface area contributed by atoms with Crippen molar-refractivity contribution in [1.29, 1.82) is 0 Å². The maximum Gasteiger partial charge on any atom is 0.0482 e. The second-order valence-corrected chi connectivity index (χ2v) is 7.90. The summed E-state index contributed by atoms with van der Waals surface area (Å²) < 4.78 is 0. The number of nitrogens with two attached hydrogens (primary N) is 2. The summed E-state index contributed by atoms with van der Waals surface area (Å²) in [6.45, 7) is 11.0. The van der Waals surface area contributed by atoms with E-state index in [2.05, 4.69) is 62.7 Å². The second-order valence-electron chi connectivity index (χ2n) is 6.85. The summed E-state index contributed by atoms with van der Waals surface area (Å²) in [5, 5.41) is 0. The molecule has 0 bridgehead atoms. The number of halogens is 1. The first-order chi connectivity index (χ1) is 9.22. The van der Waals surface area contributed by atoms with Gasteiger partial charge in [0, 0.05) is 16.9 Å². The summed E-state index contributed by atoms with van der Waals surface area (Å²) in [7, 11) is 0. The number of alkyl halides is 1. The van der Waals surface area contributed by atoms with Gasteiger partial charge in [-0.2, -0.15) is 0 Å². The van der Waals surface area contributed by atoms with Crippen molar-refractivity contribution in [3.05, 3.63) is 23.3 Å². The van der Waals surface area contributed by atoms with Crippen molar-refractivity contribution in [3.8, 4) is 0 Å². The Morgan fingerprint density at radius 3 is 1.80 bits per heavy atom. The van der Waals surface area contributed by atoms with Gasteiger partial charge in [0.2, 0.25) is 0 Å². The van der Waals surface area contributed by atoms with Crippen LogP contribution in [0.2, 0.25) is 0 Å². The van der Waals surface area contributed by atoms with Gasteiger partial charge in [-0.25, -0.2) is 0 Å². The van der Waals surface area contributed by atoms with E-state index in [1.54, 1.807) is 0 Å². The molecular formula is C17H31BrN2. The standard InChI is InChI=1S/C9H17N.C8H14BrN/c1-6-4-7(2)9(10)8(3)5-6;1-5-3-6(2)8(10)7(9)4-5/h4,7-9H,5,10H2,1-3H3;4,6-8H,3,10H2,1-2H3/t7-,8+,9-;6-,7-,8-/m01/s1. The van der Waals surface area contributed by atoms with E-state index in [9.17, 15) is 0 Å². The molecule has 2 rings (SSSR count). The highest BCUT2D eigenvalue weighted by Crippen LogP contribution is 2.27. The maximum absolute atomic E-state index is 5.94. The van der Waals surface area contributed by atoms with Crippen molar-refractivity contribution < 1.29 is 0 Å². The molecule has 0 heterocycles. The molecule has 0 aliphatic heterocycles. The van der Waals surface area contributed by atoms with Gasteiger partial charge in [0.1, 0.15) is 0 Å². The van der Waals surface area contributed by atoms with Crippen LogP contribution < -0.4 is 11.5 Å². The van der Waals surface area contributed by atoms with Crippen LogP contribution >= 0.6 is 15.9 Å². The number of allylic oxidation sites excluding steroid dienone is 2. The molecule has 2 nitrogen and oxygen atoms in total. The maximum atomic E-state index is 5.94. The first-order valence-electron chi connectivity index (χ1n) is 7.72. The molecule has 20 heavy (non-hydrogen) atoms. The molecular weight excluding hydrogens is 312 g/mol. The van der Waals surface area contributed by atoms with Crippen LogP contribution in [0, 0.1) is 17.8 Å². The Bertz CT molecular complexity index is 339. The molecule has 0 radical (unpaired) electrons. The zero-order valence-corrected chi connectivity index (χ0v) is 15.2. The van der Waals surface area contributed by atoms with Crippen LogP contribution in [0.1, 0.15) is 47.5 Å². The van der Waals surface area contributed by atoms with Crippen LogP contribution in [0.4, 0.5) is 0 Å². The smallest absolute Gasteiger partial charge is 0.0482 e. The monoisotopic (exact) mass is 342 g/mol. The molecule has 2 aliphatic rings. The Kier molecular flexibility index (Phi) is 6.96. The SMILES string of the molecule is CC1=C[C@@H](Br)[C@H](N)[C@H](C)C1.CC1=C[C@H](C)[C@H](N)[C@H](C)C1. The average molecular weight is 343 g/mol.